The van der Waals surface area contributed by atoms with Crippen molar-refractivity contribution in [3.8, 4) is 5.75 Å². The first-order valence-electron chi connectivity index (χ1n) is 6.97. The Labute approximate surface area is 125 Å². The molecule has 0 radical (unpaired) electrons. The lowest BCUT2D eigenvalue weighted by Crippen LogP contribution is -2.38. The number of carbonyl (C=O) groups excluding carboxylic acids is 1. The van der Waals surface area contributed by atoms with Crippen LogP contribution < -0.4 is 10.1 Å². The van der Waals surface area contributed by atoms with Gasteiger partial charge in [-0.05, 0) is 38.3 Å². The standard InChI is InChI=1S/C15H21NO4S/c1-10-6-11(2)15(12(3)7-10)20-8-14(17)16-13-4-5-21(18,19)9-13/h6-7,13H,4-5,8-9H2,1-3H3,(H,16,17)/t13-/m0/s1. The Balaban J connectivity index is 1.90. The zero-order valence-electron chi connectivity index (χ0n) is 12.6. The molecule has 0 bridgehead atoms. The quantitative estimate of drug-likeness (QED) is 0.909. The molecule has 2 rings (SSSR count). The van der Waals surface area contributed by atoms with Crippen LogP contribution in [0.3, 0.4) is 0 Å². The SMILES string of the molecule is Cc1cc(C)c(OCC(=O)N[C@H]2CCS(=O)(=O)C2)c(C)c1. The van der Waals surface area contributed by atoms with Gasteiger partial charge in [0.05, 0.1) is 11.5 Å². The van der Waals surface area contributed by atoms with E-state index >= 15 is 0 Å². The predicted octanol–water partition coefficient (Wildman–Crippen LogP) is 1.29. The van der Waals surface area contributed by atoms with Crippen LogP contribution in [0.5, 0.6) is 5.75 Å². The molecule has 1 atom stereocenters. The molecule has 1 fully saturated rings. The number of ether oxygens (including phenoxy) is 1. The Kier molecular flexibility index (Phi) is 4.56. The van der Waals surface area contributed by atoms with Crippen LogP contribution in [0.2, 0.25) is 0 Å². The highest BCUT2D eigenvalue weighted by molar-refractivity contribution is 7.91. The number of sulfone groups is 1. The fraction of sp³-hybridized carbons (Fsp3) is 0.533. The Hall–Kier alpha value is -1.56. The Morgan fingerprint density at radius 3 is 2.43 bits per heavy atom. The second-order valence-electron chi connectivity index (χ2n) is 5.68. The molecule has 1 aromatic rings. The minimum Gasteiger partial charge on any atom is -0.483 e. The summed E-state index contributed by atoms with van der Waals surface area (Å²) < 4.78 is 28.3. The van der Waals surface area contributed by atoms with Crippen LogP contribution in [0.25, 0.3) is 0 Å². The van der Waals surface area contributed by atoms with E-state index in [1.165, 1.54) is 0 Å². The second-order valence-corrected chi connectivity index (χ2v) is 7.91. The first kappa shape index (κ1) is 15.8. The number of hydrogen-bond donors (Lipinski definition) is 1. The molecule has 0 unspecified atom stereocenters. The second kappa shape index (κ2) is 6.05. The first-order valence-corrected chi connectivity index (χ1v) is 8.79. The van der Waals surface area contributed by atoms with E-state index in [1.807, 2.05) is 32.9 Å². The molecule has 0 aromatic heterocycles. The number of nitrogens with one attached hydrogen (secondary N) is 1. The molecule has 0 spiro atoms. The van der Waals surface area contributed by atoms with Crippen molar-refractivity contribution in [2.45, 2.75) is 33.2 Å². The Bertz CT molecular complexity index is 629. The van der Waals surface area contributed by atoms with Crippen molar-refractivity contribution < 1.29 is 17.9 Å². The van der Waals surface area contributed by atoms with Crippen LogP contribution in [0.15, 0.2) is 12.1 Å². The van der Waals surface area contributed by atoms with Crippen LogP contribution in [0.1, 0.15) is 23.1 Å². The summed E-state index contributed by atoms with van der Waals surface area (Å²) in [5, 5.41) is 2.71. The summed E-state index contributed by atoms with van der Waals surface area (Å²) in [5.41, 5.74) is 3.13. The smallest absolute Gasteiger partial charge is 0.258 e. The lowest BCUT2D eigenvalue weighted by atomic mass is 10.1. The Morgan fingerprint density at radius 2 is 1.90 bits per heavy atom. The summed E-state index contributed by atoms with van der Waals surface area (Å²) in [6.07, 6.45) is 0.483. The monoisotopic (exact) mass is 311 g/mol. The highest BCUT2D eigenvalue weighted by Gasteiger charge is 2.28. The van der Waals surface area contributed by atoms with E-state index in [2.05, 4.69) is 5.32 Å². The number of rotatable bonds is 4. The van der Waals surface area contributed by atoms with Crippen molar-refractivity contribution in [3.05, 3.63) is 28.8 Å². The van der Waals surface area contributed by atoms with Gasteiger partial charge in [-0.2, -0.15) is 0 Å². The van der Waals surface area contributed by atoms with E-state index < -0.39 is 9.84 Å². The van der Waals surface area contributed by atoms with E-state index in [0.717, 1.165) is 22.4 Å². The summed E-state index contributed by atoms with van der Waals surface area (Å²) in [6, 6.07) is 3.72. The van der Waals surface area contributed by atoms with Crippen molar-refractivity contribution in [3.63, 3.8) is 0 Å². The summed E-state index contributed by atoms with van der Waals surface area (Å²) in [5.74, 6) is 0.613. The van der Waals surface area contributed by atoms with E-state index in [0.29, 0.717) is 6.42 Å². The number of carbonyl (C=O) groups is 1. The molecule has 116 valence electrons. The average molecular weight is 311 g/mol. The van der Waals surface area contributed by atoms with Gasteiger partial charge in [0, 0.05) is 6.04 Å². The van der Waals surface area contributed by atoms with Crippen LogP contribution in [0.4, 0.5) is 0 Å². The minimum atomic E-state index is -2.98. The van der Waals surface area contributed by atoms with Crippen LogP contribution in [0, 0.1) is 20.8 Å². The van der Waals surface area contributed by atoms with Crippen LogP contribution in [-0.2, 0) is 14.6 Å². The highest BCUT2D eigenvalue weighted by Crippen LogP contribution is 2.24. The first-order chi connectivity index (χ1) is 9.77. The largest absolute Gasteiger partial charge is 0.483 e. The molecule has 0 saturated carbocycles. The van der Waals surface area contributed by atoms with Gasteiger partial charge in [-0.25, -0.2) is 8.42 Å². The van der Waals surface area contributed by atoms with Crippen molar-refractivity contribution in [2.75, 3.05) is 18.1 Å². The number of hydrogen-bond acceptors (Lipinski definition) is 4. The van der Waals surface area contributed by atoms with E-state index in [9.17, 15) is 13.2 Å². The van der Waals surface area contributed by atoms with Gasteiger partial charge in [-0.15, -0.1) is 0 Å². The van der Waals surface area contributed by atoms with Crippen molar-refractivity contribution in [1.82, 2.24) is 5.32 Å². The third kappa shape index (κ3) is 4.20. The van der Waals surface area contributed by atoms with Gasteiger partial charge in [0.15, 0.2) is 16.4 Å². The van der Waals surface area contributed by atoms with Gasteiger partial charge in [0.1, 0.15) is 5.75 Å². The van der Waals surface area contributed by atoms with Gasteiger partial charge >= 0.3 is 0 Å². The average Bonchev–Trinajstić information content (AvgIpc) is 2.67. The van der Waals surface area contributed by atoms with Crippen molar-refractivity contribution >= 4 is 15.7 Å². The van der Waals surface area contributed by atoms with Crippen LogP contribution in [-0.4, -0.2) is 38.5 Å². The molecule has 1 aromatic carbocycles. The molecule has 1 aliphatic rings. The van der Waals surface area contributed by atoms with E-state index in [-0.39, 0.29) is 30.1 Å². The summed E-state index contributed by atoms with van der Waals surface area (Å²) in [4.78, 5) is 11.8. The molecule has 1 amide bonds. The molecule has 1 aliphatic heterocycles. The lowest BCUT2D eigenvalue weighted by Gasteiger charge is -2.15. The fourth-order valence-electron chi connectivity index (χ4n) is 2.71. The maximum atomic E-state index is 11.8. The van der Waals surface area contributed by atoms with E-state index in [4.69, 9.17) is 4.74 Å². The predicted molar refractivity (Wildman–Crippen MR) is 81.3 cm³/mol. The molecular weight excluding hydrogens is 290 g/mol. The molecule has 1 saturated heterocycles. The molecule has 0 aliphatic carbocycles. The maximum absolute atomic E-state index is 11.8. The topological polar surface area (TPSA) is 72.5 Å². The number of amides is 1. The van der Waals surface area contributed by atoms with Gasteiger partial charge in [0.25, 0.3) is 5.91 Å². The van der Waals surface area contributed by atoms with Crippen molar-refractivity contribution in [2.24, 2.45) is 0 Å². The van der Waals surface area contributed by atoms with Gasteiger partial charge in [-0.1, -0.05) is 17.7 Å². The highest BCUT2D eigenvalue weighted by atomic mass is 32.2. The fourth-order valence-corrected chi connectivity index (χ4v) is 4.38. The van der Waals surface area contributed by atoms with E-state index in [1.54, 1.807) is 0 Å². The molecule has 1 N–H and O–H groups in total. The molecule has 6 heteroatoms. The van der Waals surface area contributed by atoms with Crippen molar-refractivity contribution in [1.29, 1.82) is 0 Å². The third-order valence-corrected chi connectivity index (χ3v) is 5.32. The van der Waals surface area contributed by atoms with Gasteiger partial charge in [0.2, 0.25) is 0 Å². The lowest BCUT2D eigenvalue weighted by molar-refractivity contribution is -0.123. The summed E-state index contributed by atoms with van der Waals surface area (Å²) >= 11 is 0. The minimum absolute atomic E-state index is 0.0291. The third-order valence-electron chi connectivity index (χ3n) is 3.55. The zero-order valence-corrected chi connectivity index (χ0v) is 13.4. The molecule has 21 heavy (non-hydrogen) atoms. The molecule has 1 heterocycles. The summed E-state index contributed by atoms with van der Waals surface area (Å²) in [6.45, 7) is 5.80. The summed E-state index contributed by atoms with van der Waals surface area (Å²) in [7, 11) is -2.98. The molecule has 5 nitrogen and oxygen atoms in total. The van der Waals surface area contributed by atoms with Gasteiger partial charge in [-0.3, -0.25) is 4.79 Å². The normalized spacial score (nSPS) is 20.2. The maximum Gasteiger partial charge on any atom is 0.258 e. The number of benzene rings is 1. The number of aryl methyl sites for hydroxylation is 3. The van der Waals surface area contributed by atoms with Crippen LogP contribution >= 0.6 is 0 Å². The zero-order chi connectivity index (χ0) is 15.6. The Morgan fingerprint density at radius 1 is 1.29 bits per heavy atom. The van der Waals surface area contributed by atoms with Gasteiger partial charge < -0.3 is 10.1 Å². The molecular formula is C15H21NO4S.